The van der Waals surface area contributed by atoms with Gasteiger partial charge in [-0.05, 0) is 128 Å². The Morgan fingerprint density at radius 1 is 0.725 bits per heavy atom. The number of aryl methyl sites for hydroxylation is 2. The van der Waals surface area contributed by atoms with Crippen LogP contribution in [0.25, 0.3) is 11.1 Å². The van der Waals surface area contributed by atoms with Crippen molar-refractivity contribution in [1.82, 2.24) is 0 Å². The van der Waals surface area contributed by atoms with Gasteiger partial charge in [-0.2, -0.15) is 0 Å². The fourth-order valence-corrected chi connectivity index (χ4v) is 19.5. The summed E-state index contributed by atoms with van der Waals surface area (Å²) in [6, 6.07) is 5.01. The highest BCUT2D eigenvalue weighted by molar-refractivity contribution is 7.16. The van der Waals surface area contributed by atoms with Crippen LogP contribution in [0, 0.1) is 60.2 Å². The van der Waals surface area contributed by atoms with Crippen molar-refractivity contribution in [2.45, 2.75) is 125 Å². The van der Waals surface area contributed by atoms with Crippen LogP contribution in [-0.4, -0.2) is 8.07 Å². The maximum atomic E-state index is 2.87. The molecular formula is C37H56S2Si. The zero-order valence-corrected chi connectivity index (χ0v) is 30.0. The summed E-state index contributed by atoms with van der Waals surface area (Å²) in [5.74, 6) is 5.25. The molecule has 0 amide bonds. The summed E-state index contributed by atoms with van der Waals surface area (Å²) in [5, 5.41) is 0. The molecule has 0 radical (unpaired) electrons. The zero-order valence-electron chi connectivity index (χ0n) is 27.4. The Bertz CT molecular complexity index is 1220. The molecule has 6 unspecified atom stereocenters. The first-order valence-corrected chi connectivity index (χ1v) is 21.3. The SMILES string of the molecule is CC1=CC2C(C3CC(C(C)(C)C)CC(C(C)(C)C)C3)CCCC2C1[Si](C)(C)C1c2sc(C)cc2-c2cc(C)sc21. The summed E-state index contributed by atoms with van der Waals surface area (Å²) in [5.41, 5.74) is 7.32. The number of hydrogen-bond donors (Lipinski definition) is 0. The summed E-state index contributed by atoms with van der Waals surface area (Å²) in [7, 11) is -1.70. The van der Waals surface area contributed by atoms with Crippen molar-refractivity contribution in [3.63, 3.8) is 0 Å². The molecule has 0 spiro atoms. The van der Waals surface area contributed by atoms with Crippen molar-refractivity contribution in [2.24, 2.45) is 46.3 Å². The summed E-state index contributed by atoms with van der Waals surface area (Å²) >= 11 is 4.24. The molecule has 4 aliphatic rings. The van der Waals surface area contributed by atoms with Crippen LogP contribution in [0.2, 0.25) is 18.6 Å². The predicted molar refractivity (Wildman–Crippen MR) is 181 cm³/mol. The number of rotatable bonds is 3. The fraction of sp³-hybridized carbons (Fsp3) is 0.730. The molecule has 40 heavy (non-hydrogen) atoms. The lowest BCUT2D eigenvalue weighted by atomic mass is 9.55. The number of fused-ring (bicyclic) bond motifs is 4. The van der Waals surface area contributed by atoms with Gasteiger partial charge in [-0.15, -0.1) is 22.7 Å². The van der Waals surface area contributed by atoms with Crippen LogP contribution >= 0.6 is 22.7 Å². The molecule has 3 heteroatoms. The Balaban J connectivity index is 1.32. The van der Waals surface area contributed by atoms with Gasteiger partial charge in [0.1, 0.15) is 0 Å². The topological polar surface area (TPSA) is 0 Å². The van der Waals surface area contributed by atoms with E-state index in [9.17, 15) is 0 Å². The van der Waals surface area contributed by atoms with E-state index in [0.717, 1.165) is 41.0 Å². The van der Waals surface area contributed by atoms with Gasteiger partial charge in [0.2, 0.25) is 0 Å². The van der Waals surface area contributed by atoms with Crippen LogP contribution in [0.3, 0.4) is 0 Å². The van der Waals surface area contributed by atoms with Crippen LogP contribution in [0.4, 0.5) is 0 Å². The first-order valence-electron chi connectivity index (χ1n) is 16.5. The molecule has 0 bridgehead atoms. The van der Waals surface area contributed by atoms with Crippen molar-refractivity contribution in [1.29, 1.82) is 0 Å². The van der Waals surface area contributed by atoms with Crippen molar-refractivity contribution in [2.75, 3.05) is 0 Å². The molecule has 0 N–H and O–H groups in total. The van der Waals surface area contributed by atoms with E-state index in [1.165, 1.54) is 48.3 Å². The van der Waals surface area contributed by atoms with Crippen molar-refractivity contribution < 1.29 is 0 Å². The van der Waals surface area contributed by atoms with Gasteiger partial charge in [0, 0.05) is 25.0 Å². The molecule has 6 rings (SSSR count). The van der Waals surface area contributed by atoms with Gasteiger partial charge in [-0.1, -0.05) is 72.7 Å². The molecule has 2 heterocycles. The molecule has 4 aliphatic carbocycles. The van der Waals surface area contributed by atoms with Crippen molar-refractivity contribution in [3.8, 4) is 11.1 Å². The van der Waals surface area contributed by atoms with Crippen LogP contribution < -0.4 is 0 Å². The van der Waals surface area contributed by atoms with E-state index in [4.69, 9.17) is 0 Å². The van der Waals surface area contributed by atoms with Crippen LogP contribution in [0.1, 0.15) is 112 Å². The zero-order chi connectivity index (χ0) is 28.9. The van der Waals surface area contributed by atoms with Gasteiger partial charge in [-0.3, -0.25) is 0 Å². The van der Waals surface area contributed by atoms with E-state index < -0.39 is 8.07 Å². The van der Waals surface area contributed by atoms with Crippen LogP contribution in [0.15, 0.2) is 23.8 Å². The predicted octanol–water partition coefficient (Wildman–Crippen LogP) is 12.3. The third kappa shape index (κ3) is 4.81. The Morgan fingerprint density at radius 3 is 1.73 bits per heavy atom. The lowest BCUT2D eigenvalue weighted by molar-refractivity contribution is 0.00571. The average molecular weight is 593 g/mol. The summed E-state index contributed by atoms with van der Waals surface area (Å²) in [4.78, 5) is 6.46. The first kappa shape index (κ1) is 29.4. The van der Waals surface area contributed by atoms with E-state index in [-0.39, 0.29) is 0 Å². The van der Waals surface area contributed by atoms with E-state index in [1.54, 1.807) is 26.5 Å². The average Bonchev–Trinajstić information content (AvgIpc) is 3.55. The summed E-state index contributed by atoms with van der Waals surface area (Å²) in [6.07, 6.45) is 11.7. The number of thiophene rings is 2. The monoisotopic (exact) mass is 592 g/mol. The highest BCUT2D eigenvalue weighted by atomic mass is 32.1. The standard InChI is InChI=1S/C37H56S2Si/c1-21-15-29-27(24-18-25(36(4,5)6)20-26(19-24)37(7,8)9)13-12-14-28(29)34(21)40(10,11)35-32-30(16-22(2)38-32)31-17-23(3)39-33(31)35/h15-17,24-29,34-35H,12-14,18-20H2,1-11H3. The Labute approximate surface area is 255 Å². The van der Waals surface area contributed by atoms with Gasteiger partial charge in [0.25, 0.3) is 0 Å². The van der Waals surface area contributed by atoms with Gasteiger partial charge in [0.05, 0.1) is 8.07 Å². The molecule has 2 saturated carbocycles. The number of hydrogen-bond acceptors (Lipinski definition) is 2. The Hall–Kier alpha value is -0.643. The Morgan fingerprint density at radius 2 is 1.23 bits per heavy atom. The fourth-order valence-electron chi connectivity index (χ4n) is 10.4. The van der Waals surface area contributed by atoms with Crippen molar-refractivity contribution in [3.05, 3.63) is 43.3 Å². The molecule has 0 aromatic carbocycles. The molecule has 2 aromatic rings. The maximum absolute atomic E-state index is 2.87. The summed E-state index contributed by atoms with van der Waals surface area (Å²) in [6.45, 7) is 27.9. The maximum Gasteiger partial charge on any atom is 0.0699 e. The second kappa shape index (κ2) is 9.95. The summed E-state index contributed by atoms with van der Waals surface area (Å²) < 4.78 is 0. The minimum atomic E-state index is -1.70. The van der Waals surface area contributed by atoms with Crippen LogP contribution in [0.5, 0.6) is 0 Å². The number of allylic oxidation sites excluding steroid dienone is 2. The largest absolute Gasteiger partial charge is 0.145 e. The molecular weight excluding hydrogens is 537 g/mol. The Kier molecular flexibility index (Phi) is 7.32. The molecule has 6 atom stereocenters. The molecule has 2 fully saturated rings. The van der Waals surface area contributed by atoms with Gasteiger partial charge in [0.15, 0.2) is 0 Å². The van der Waals surface area contributed by atoms with E-state index >= 15 is 0 Å². The van der Waals surface area contributed by atoms with Gasteiger partial charge >= 0.3 is 0 Å². The van der Waals surface area contributed by atoms with Crippen molar-refractivity contribution >= 4 is 30.7 Å². The minimum absolute atomic E-state index is 0.421. The second-order valence-electron chi connectivity index (χ2n) is 17.3. The van der Waals surface area contributed by atoms with E-state index in [1.807, 2.05) is 0 Å². The quantitative estimate of drug-likeness (QED) is 0.246. The smallest absolute Gasteiger partial charge is 0.0699 e. The minimum Gasteiger partial charge on any atom is -0.145 e. The highest BCUT2D eigenvalue weighted by Gasteiger charge is 2.55. The molecule has 0 nitrogen and oxygen atoms in total. The second-order valence-corrected chi connectivity index (χ2v) is 24.8. The lowest BCUT2D eigenvalue weighted by Gasteiger charge is -2.51. The molecule has 0 aliphatic heterocycles. The molecule has 220 valence electrons. The normalized spacial score (nSPS) is 33.1. The molecule has 2 aromatic heterocycles. The molecule has 0 saturated heterocycles. The van der Waals surface area contributed by atoms with Gasteiger partial charge in [-0.25, -0.2) is 0 Å². The lowest BCUT2D eigenvalue weighted by Crippen LogP contribution is -2.46. The van der Waals surface area contributed by atoms with Crippen LogP contribution in [-0.2, 0) is 0 Å². The van der Waals surface area contributed by atoms with E-state index in [0.29, 0.717) is 16.4 Å². The van der Waals surface area contributed by atoms with Gasteiger partial charge < -0.3 is 0 Å². The first-order chi connectivity index (χ1) is 18.6. The third-order valence-corrected chi connectivity index (χ3v) is 19.6. The highest BCUT2D eigenvalue weighted by Crippen LogP contribution is 2.64. The third-order valence-electron chi connectivity index (χ3n) is 12.4. The van der Waals surface area contributed by atoms with E-state index in [2.05, 4.69) is 116 Å².